The van der Waals surface area contributed by atoms with Gasteiger partial charge in [0.25, 0.3) is 0 Å². The molecule has 0 saturated carbocycles. The summed E-state index contributed by atoms with van der Waals surface area (Å²) >= 11 is 0. The predicted octanol–water partition coefficient (Wildman–Crippen LogP) is 3.23. The van der Waals surface area contributed by atoms with Crippen molar-refractivity contribution < 1.29 is 4.79 Å². The van der Waals surface area contributed by atoms with Crippen LogP contribution in [0, 0.1) is 0 Å². The zero-order valence-electron chi connectivity index (χ0n) is 15.0. The van der Waals surface area contributed by atoms with Gasteiger partial charge in [0, 0.05) is 42.9 Å². The Labute approximate surface area is 157 Å². The van der Waals surface area contributed by atoms with Gasteiger partial charge in [0.2, 0.25) is 0 Å². The second-order valence-electron chi connectivity index (χ2n) is 6.46. The average molecular weight is 360 g/mol. The van der Waals surface area contributed by atoms with Crippen LogP contribution in [0.2, 0.25) is 0 Å². The largest absolute Gasteiger partial charge is 0.396 e. The third kappa shape index (κ3) is 3.44. The van der Waals surface area contributed by atoms with Gasteiger partial charge in [0.15, 0.2) is 5.82 Å². The van der Waals surface area contributed by atoms with Gasteiger partial charge in [-0.25, -0.2) is 9.78 Å². The minimum absolute atomic E-state index is 0.230. The number of amides is 2. The molecular formula is C20H20N6O. The lowest BCUT2D eigenvalue weighted by atomic mass is 10.1. The van der Waals surface area contributed by atoms with Crippen LogP contribution >= 0.6 is 0 Å². The molecule has 0 bridgehead atoms. The first kappa shape index (κ1) is 17.0. The van der Waals surface area contributed by atoms with Crippen LogP contribution in [-0.4, -0.2) is 25.9 Å². The summed E-state index contributed by atoms with van der Waals surface area (Å²) in [6.07, 6.45) is 6.16. The van der Waals surface area contributed by atoms with E-state index in [1.54, 1.807) is 23.4 Å². The summed E-state index contributed by atoms with van der Waals surface area (Å²) in [4.78, 5) is 27.5. The molecule has 1 aliphatic heterocycles. The van der Waals surface area contributed by atoms with Crippen molar-refractivity contribution in [1.82, 2.24) is 19.9 Å². The number of carbonyl (C=O) groups is 1. The Morgan fingerprint density at radius 1 is 1.22 bits per heavy atom. The maximum atomic E-state index is 12.7. The minimum atomic E-state index is -0.230. The number of nitrogens with two attached hydrogens (primary N) is 1. The summed E-state index contributed by atoms with van der Waals surface area (Å²) in [7, 11) is 0. The van der Waals surface area contributed by atoms with E-state index in [9.17, 15) is 4.79 Å². The Kier molecular flexibility index (Phi) is 4.42. The van der Waals surface area contributed by atoms with Crippen molar-refractivity contribution in [3.05, 3.63) is 65.7 Å². The number of carbonyl (C=O) groups excluding carboxylic acids is 1. The number of nitrogens with one attached hydrogen (secondary N) is 1. The van der Waals surface area contributed by atoms with Gasteiger partial charge in [-0.15, -0.1) is 0 Å². The summed E-state index contributed by atoms with van der Waals surface area (Å²) in [5.41, 5.74) is 11.2. The number of rotatable bonds is 3. The number of pyridine rings is 3. The van der Waals surface area contributed by atoms with Crippen molar-refractivity contribution >= 4 is 17.5 Å². The van der Waals surface area contributed by atoms with Crippen molar-refractivity contribution in [2.24, 2.45) is 0 Å². The van der Waals surface area contributed by atoms with Gasteiger partial charge in [-0.3, -0.25) is 15.3 Å². The summed E-state index contributed by atoms with van der Waals surface area (Å²) in [6.45, 7) is 3.15. The number of urea groups is 1. The van der Waals surface area contributed by atoms with E-state index in [0.717, 1.165) is 28.8 Å². The van der Waals surface area contributed by atoms with Crippen molar-refractivity contribution in [1.29, 1.82) is 0 Å². The lowest BCUT2D eigenvalue weighted by Crippen LogP contribution is -2.30. The topological polar surface area (TPSA) is 97.0 Å². The standard InChI is InChI=1S/C20H20N6O/c1-2-16-8-14-11-26(12-15(14)10-23-16)20(27)25-19-17(21)5-6-18(24-19)13-4-3-7-22-9-13/h3-10H,2,11-12,21H2,1H3,(H,24,25,27). The normalized spacial score (nSPS) is 12.7. The molecule has 4 rings (SSSR count). The molecule has 136 valence electrons. The van der Waals surface area contributed by atoms with Crippen LogP contribution in [-0.2, 0) is 19.5 Å². The highest BCUT2D eigenvalue weighted by Crippen LogP contribution is 2.26. The van der Waals surface area contributed by atoms with E-state index in [1.165, 1.54) is 0 Å². The van der Waals surface area contributed by atoms with Crippen molar-refractivity contribution in [3.8, 4) is 11.3 Å². The van der Waals surface area contributed by atoms with Crippen LogP contribution in [0.5, 0.6) is 0 Å². The molecule has 0 unspecified atom stereocenters. The van der Waals surface area contributed by atoms with E-state index in [2.05, 4.69) is 33.3 Å². The van der Waals surface area contributed by atoms with E-state index in [-0.39, 0.29) is 6.03 Å². The monoisotopic (exact) mass is 360 g/mol. The Morgan fingerprint density at radius 2 is 2.07 bits per heavy atom. The van der Waals surface area contributed by atoms with Gasteiger partial charge >= 0.3 is 6.03 Å². The van der Waals surface area contributed by atoms with Crippen LogP contribution in [0.15, 0.2) is 48.9 Å². The van der Waals surface area contributed by atoms with Gasteiger partial charge < -0.3 is 10.6 Å². The fourth-order valence-corrected chi connectivity index (χ4v) is 3.09. The Balaban J connectivity index is 1.52. The Morgan fingerprint density at radius 3 is 2.85 bits per heavy atom. The molecular weight excluding hydrogens is 340 g/mol. The van der Waals surface area contributed by atoms with Gasteiger partial charge in [-0.1, -0.05) is 6.92 Å². The van der Waals surface area contributed by atoms with Gasteiger partial charge in [0.1, 0.15) is 0 Å². The SMILES string of the molecule is CCc1cc2c(cn1)CN(C(=O)Nc1nc(-c3cccnc3)ccc1N)C2. The minimum Gasteiger partial charge on any atom is -0.396 e. The van der Waals surface area contributed by atoms with Crippen molar-refractivity contribution in [2.75, 3.05) is 11.1 Å². The van der Waals surface area contributed by atoms with Crippen LogP contribution < -0.4 is 11.1 Å². The highest BCUT2D eigenvalue weighted by molar-refractivity contribution is 5.92. The van der Waals surface area contributed by atoms with Crippen molar-refractivity contribution in [3.63, 3.8) is 0 Å². The molecule has 0 aliphatic carbocycles. The molecule has 7 nitrogen and oxygen atoms in total. The average Bonchev–Trinajstić information content (AvgIpc) is 3.13. The number of hydrogen-bond acceptors (Lipinski definition) is 5. The third-order valence-electron chi connectivity index (χ3n) is 4.62. The fraction of sp³-hybridized carbons (Fsp3) is 0.200. The summed E-state index contributed by atoms with van der Waals surface area (Å²) in [6, 6.07) is 9.13. The van der Waals surface area contributed by atoms with Crippen LogP contribution in [0.3, 0.4) is 0 Å². The Hall–Kier alpha value is -3.48. The summed E-state index contributed by atoms with van der Waals surface area (Å²) in [5.74, 6) is 0.352. The molecule has 3 N–H and O–H groups in total. The lowest BCUT2D eigenvalue weighted by Gasteiger charge is -2.17. The molecule has 1 aliphatic rings. The molecule has 0 spiro atoms. The molecule has 0 fully saturated rings. The fourth-order valence-electron chi connectivity index (χ4n) is 3.09. The predicted molar refractivity (Wildman–Crippen MR) is 104 cm³/mol. The number of aryl methyl sites for hydroxylation is 1. The highest BCUT2D eigenvalue weighted by atomic mass is 16.2. The van der Waals surface area contributed by atoms with Crippen LogP contribution in [0.1, 0.15) is 23.7 Å². The second-order valence-corrected chi connectivity index (χ2v) is 6.46. The maximum absolute atomic E-state index is 12.7. The lowest BCUT2D eigenvalue weighted by molar-refractivity contribution is 0.212. The van der Waals surface area contributed by atoms with E-state index in [4.69, 9.17) is 5.73 Å². The second kappa shape index (κ2) is 7.03. The molecule has 3 aromatic heterocycles. The number of nitrogens with zero attached hydrogens (tertiary/aromatic N) is 4. The smallest absolute Gasteiger partial charge is 0.323 e. The first-order valence-corrected chi connectivity index (χ1v) is 8.83. The third-order valence-corrected chi connectivity index (χ3v) is 4.62. The zero-order chi connectivity index (χ0) is 18.8. The molecule has 2 amide bonds. The first-order chi connectivity index (χ1) is 13.1. The quantitative estimate of drug-likeness (QED) is 0.747. The van der Waals surface area contributed by atoms with Gasteiger partial charge in [-0.05, 0) is 47.9 Å². The Bertz CT molecular complexity index is 989. The van der Waals surface area contributed by atoms with E-state index < -0.39 is 0 Å². The number of hydrogen-bond donors (Lipinski definition) is 2. The van der Waals surface area contributed by atoms with Gasteiger partial charge in [0.05, 0.1) is 11.4 Å². The number of anilines is 2. The number of fused-ring (bicyclic) bond motifs is 1. The van der Waals surface area contributed by atoms with Crippen LogP contribution in [0.4, 0.5) is 16.3 Å². The zero-order valence-corrected chi connectivity index (χ0v) is 15.0. The first-order valence-electron chi connectivity index (χ1n) is 8.83. The van der Waals surface area contributed by atoms with E-state index >= 15 is 0 Å². The number of nitrogen functional groups attached to an aromatic ring is 1. The molecule has 3 aromatic rings. The molecule has 0 radical (unpaired) electrons. The molecule has 27 heavy (non-hydrogen) atoms. The molecule has 0 aromatic carbocycles. The number of aromatic nitrogens is 3. The van der Waals surface area contributed by atoms with E-state index in [1.807, 2.05) is 24.4 Å². The molecule has 7 heteroatoms. The molecule has 4 heterocycles. The molecule has 0 atom stereocenters. The summed E-state index contributed by atoms with van der Waals surface area (Å²) in [5, 5.41) is 2.84. The van der Waals surface area contributed by atoms with E-state index in [0.29, 0.717) is 30.3 Å². The van der Waals surface area contributed by atoms with Crippen molar-refractivity contribution in [2.45, 2.75) is 26.4 Å². The molecule has 0 saturated heterocycles. The summed E-state index contributed by atoms with van der Waals surface area (Å²) < 4.78 is 0. The maximum Gasteiger partial charge on any atom is 0.323 e. The van der Waals surface area contributed by atoms with Gasteiger partial charge in [-0.2, -0.15) is 0 Å². The van der Waals surface area contributed by atoms with Crippen LogP contribution in [0.25, 0.3) is 11.3 Å². The highest BCUT2D eigenvalue weighted by Gasteiger charge is 2.24.